The van der Waals surface area contributed by atoms with Crippen LogP contribution in [0.3, 0.4) is 0 Å². The molecule has 0 fully saturated rings. The Labute approximate surface area is 111 Å². The lowest BCUT2D eigenvalue weighted by molar-refractivity contribution is -0.143. The van der Waals surface area contributed by atoms with E-state index < -0.39 is 17.7 Å². The molecule has 0 aliphatic rings. The molecular formula is C12H12BrF3O2. The van der Waals surface area contributed by atoms with E-state index in [1.807, 2.05) is 0 Å². The molecule has 0 atom stereocenters. The summed E-state index contributed by atoms with van der Waals surface area (Å²) in [6.07, 6.45) is -4.10. The van der Waals surface area contributed by atoms with Crippen molar-refractivity contribution in [1.82, 2.24) is 0 Å². The molecule has 0 spiro atoms. The van der Waals surface area contributed by atoms with Gasteiger partial charge in [0.1, 0.15) is 0 Å². The van der Waals surface area contributed by atoms with Crippen LogP contribution in [0, 0.1) is 0 Å². The predicted molar refractivity (Wildman–Crippen MR) is 64.1 cm³/mol. The van der Waals surface area contributed by atoms with Gasteiger partial charge in [-0.3, -0.25) is 4.79 Å². The summed E-state index contributed by atoms with van der Waals surface area (Å²) >= 11 is 3.17. The van der Waals surface area contributed by atoms with E-state index in [1.165, 1.54) is 6.07 Å². The molecule has 0 unspecified atom stereocenters. The van der Waals surface area contributed by atoms with Gasteiger partial charge < -0.3 is 4.74 Å². The maximum Gasteiger partial charge on any atom is 0.416 e. The van der Waals surface area contributed by atoms with E-state index in [0.717, 1.165) is 12.1 Å². The molecule has 18 heavy (non-hydrogen) atoms. The number of carbonyl (C=O) groups excluding carboxylic acids is 1. The summed E-state index contributed by atoms with van der Waals surface area (Å²) in [7, 11) is 0. The minimum atomic E-state index is -4.38. The van der Waals surface area contributed by atoms with Gasteiger partial charge in [0.15, 0.2) is 0 Å². The Morgan fingerprint density at radius 1 is 1.39 bits per heavy atom. The fourth-order valence-corrected chi connectivity index (χ4v) is 1.86. The van der Waals surface area contributed by atoms with Crippen LogP contribution in [-0.2, 0) is 22.1 Å². The Hall–Kier alpha value is -1.04. The summed E-state index contributed by atoms with van der Waals surface area (Å²) in [4.78, 5) is 11.1. The van der Waals surface area contributed by atoms with Crippen molar-refractivity contribution < 1.29 is 22.7 Å². The molecule has 0 bridgehead atoms. The van der Waals surface area contributed by atoms with Crippen molar-refractivity contribution in [2.45, 2.75) is 25.9 Å². The highest BCUT2D eigenvalue weighted by Gasteiger charge is 2.30. The van der Waals surface area contributed by atoms with E-state index in [1.54, 1.807) is 6.92 Å². The zero-order valence-electron chi connectivity index (χ0n) is 9.68. The van der Waals surface area contributed by atoms with Crippen molar-refractivity contribution in [2.24, 2.45) is 0 Å². The minimum absolute atomic E-state index is 0.0632. The molecule has 0 aromatic heterocycles. The first-order valence-corrected chi connectivity index (χ1v) is 6.15. The number of halogens is 4. The van der Waals surface area contributed by atoms with E-state index in [2.05, 4.69) is 15.9 Å². The molecule has 6 heteroatoms. The van der Waals surface area contributed by atoms with Crippen molar-refractivity contribution >= 4 is 21.9 Å². The largest absolute Gasteiger partial charge is 0.466 e. The number of ether oxygens (including phenoxy) is 1. The summed E-state index contributed by atoms with van der Waals surface area (Å²) in [6, 6.07) is 3.38. The van der Waals surface area contributed by atoms with Gasteiger partial charge in [-0.2, -0.15) is 13.2 Å². The topological polar surface area (TPSA) is 26.3 Å². The van der Waals surface area contributed by atoms with Gasteiger partial charge in [-0.25, -0.2) is 0 Å². The number of hydrogen-bond donors (Lipinski definition) is 0. The molecule has 0 aliphatic heterocycles. The normalized spacial score (nSPS) is 11.4. The molecule has 0 saturated carbocycles. The van der Waals surface area contributed by atoms with Crippen molar-refractivity contribution in [1.29, 1.82) is 0 Å². The van der Waals surface area contributed by atoms with E-state index >= 15 is 0 Å². The molecular weight excluding hydrogens is 313 g/mol. The molecule has 0 N–H and O–H groups in total. The van der Waals surface area contributed by atoms with E-state index in [0.29, 0.717) is 10.0 Å². The highest BCUT2D eigenvalue weighted by Crippen LogP contribution is 2.32. The average molecular weight is 325 g/mol. The lowest BCUT2D eigenvalue weighted by Crippen LogP contribution is -2.08. The van der Waals surface area contributed by atoms with Gasteiger partial charge in [-0.15, -0.1) is 0 Å². The van der Waals surface area contributed by atoms with Crippen molar-refractivity contribution in [2.75, 3.05) is 6.61 Å². The lowest BCUT2D eigenvalue weighted by atomic mass is 10.1. The molecule has 1 aromatic carbocycles. The van der Waals surface area contributed by atoms with Gasteiger partial charge >= 0.3 is 12.1 Å². The maximum atomic E-state index is 12.5. The van der Waals surface area contributed by atoms with Crippen LogP contribution >= 0.6 is 15.9 Å². The number of alkyl halides is 3. The third-order valence-corrected chi connectivity index (χ3v) is 3.05. The molecule has 0 aliphatic carbocycles. The molecule has 0 saturated heterocycles. The maximum absolute atomic E-state index is 12.5. The van der Waals surface area contributed by atoms with Crippen LogP contribution in [0.15, 0.2) is 22.7 Å². The van der Waals surface area contributed by atoms with Gasteiger partial charge in [0.05, 0.1) is 12.2 Å². The van der Waals surface area contributed by atoms with Crippen LogP contribution in [0.25, 0.3) is 0 Å². The first kappa shape index (κ1) is 15.0. The minimum Gasteiger partial charge on any atom is -0.466 e. The second kappa shape index (κ2) is 6.22. The molecule has 0 amide bonds. The SMILES string of the molecule is CCOC(=O)CCc1cc(C(F)(F)F)ccc1Br. The second-order valence-electron chi connectivity index (χ2n) is 3.61. The smallest absolute Gasteiger partial charge is 0.416 e. The van der Waals surface area contributed by atoms with Gasteiger partial charge in [0.25, 0.3) is 0 Å². The van der Waals surface area contributed by atoms with Crippen molar-refractivity contribution in [3.8, 4) is 0 Å². The Morgan fingerprint density at radius 3 is 2.61 bits per heavy atom. The Kier molecular flexibility index (Phi) is 5.19. The first-order valence-electron chi connectivity index (χ1n) is 5.36. The fourth-order valence-electron chi connectivity index (χ4n) is 1.41. The second-order valence-corrected chi connectivity index (χ2v) is 4.46. The van der Waals surface area contributed by atoms with E-state index in [-0.39, 0.29) is 19.4 Å². The van der Waals surface area contributed by atoms with Crippen LogP contribution in [0.4, 0.5) is 13.2 Å². The van der Waals surface area contributed by atoms with Gasteiger partial charge in [0, 0.05) is 10.9 Å². The zero-order chi connectivity index (χ0) is 13.8. The summed E-state index contributed by atoms with van der Waals surface area (Å²) < 4.78 is 42.8. The molecule has 2 nitrogen and oxygen atoms in total. The summed E-state index contributed by atoms with van der Waals surface area (Å²) in [6.45, 7) is 1.95. The quantitative estimate of drug-likeness (QED) is 0.783. The number of esters is 1. The third-order valence-electron chi connectivity index (χ3n) is 2.28. The lowest BCUT2D eigenvalue weighted by Gasteiger charge is -2.10. The first-order chi connectivity index (χ1) is 8.34. The van der Waals surface area contributed by atoms with Crippen LogP contribution in [0.5, 0.6) is 0 Å². The predicted octanol–water partition coefficient (Wildman–Crippen LogP) is 3.96. The Bertz CT molecular complexity index is 430. The number of aryl methyl sites for hydroxylation is 1. The number of benzene rings is 1. The van der Waals surface area contributed by atoms with Crippen LogP contribution in [0.2, 0.25) is 0 Å². The van der Waals surface area contributed by atoms with Crippen molar-refractivity contribution in [3.63, 3.8) is 0 Å². The third kappa shape index (κ3) is 4.33. The standard InChI is InChI=1S/C12H12BrF3O2/c1-2-18-11(17)6-3-8-7-9(12(14,15)16)4-5-10(8)13/h4-5,7H,2-3,6H2,1H3. The average Bonchev–Trinajstić information content (AvgIpc) is 2.26. The highest BCUT2D eigenvalue weighted by atomic mass is 79.9. The molecule has 0 heterocycles. The van der Waals surface area contributed by atoms with Gasteiger partial charge in [-0.1, -0.05) is 15.9 Å². The fraction of sp³-hybridized carbons (Fsp3) is 0.417. The summed E-state index contributed by atoms with van der Waals surface area (Å²) in [5.41, 5.74) is -0.276. The monoisotopic (exact) mass is 324 g/mol. The van der Waals surface area contributed by atoms with Crippen LogP contribution < -0.4 is 0 Å². The summed E-state index contributed by atoms with van der Waals surface area (Å²) in [5.74, 6) is -0.415. The number of carbonyl (C=O) groups is 1. The van der Waals surface area contributed by atoms with Gasteiger partial charge in [0.2, 0.25) is 0 Å². The highest BCUT2D eigenvalue weighted by molar-refractivity contribution is 9.10. The van der Waals surface area contributed by atoms with Crippen LogP contribution in [-0.4, -0.2) is 12.6 Å². The molecule has 1 aromatic rings. The zero-order valence-corrected chi connectivity index (χ0v) is 11.3. The number of hydrogen-bond acceptors (Lipinski definition) is 2. The van der Waals surface area contributed by atoms with Gasteiger partial charge in [-0.05, 0) is 37.1 Å². The number of rotatable bonds is 4. The molecule has 100 valence electrons. The van der Waals surface area contributed by atoms with E-state index in [4.69, 9.17) is 4.74 Å². The summed E-state index contributed by atoms with van der Waals surface area (Å²) in [5, 5.41) is 0. The Morgan fingerprint density at radius 2 is 2.06 bits per heavy atom. The van der Waals surface area contributed by atoms with Crippen LogP contribution in [0.1, 0.15) is 24.5 Å². The van der Waals surface area contributed by atoms with E-state index in [9.17, 15) is 18.0 Å². The van der Waals surface area contributed by atoms with Crippen molar-refractivity contribution in [3.05, 3.63) is 33.8 Å². The molecule has 0 radical (unpaired) electrons. The Balaban J connectivity index is 2.79. The molecule has 1 rings (SSSR count).